The summed E-state index contributed by atoms with van der Waals surface area (Å²) in [6.45, 7) is 7.06. The van der Waals surface area contributed by atoms with Crippen LogP contribution in [0.1, 0.15) is 57.1 Å². The van der Waals surface area contributed by atoms with Gasteiger partial charge in [0.15, 0.2) is 0 Å². The molecule has 0 radical (unpaired) electrons. The first-order chi connectivity index (χ1) is 9.81. The second-order valence-electron chi connectivity index (χ2n) is 5.21. The summed E-state index contributed by atoms with van der Waals surface area (Å²) in [6.07, 6.45) is 9.32. The molecule has 0 aliphatic carbocycles. The zero-order chi connectivity index (χ0) is 14.6. The van der Waals surface area contributed by atoms with E-state index in [-0.39, 0.29) is 0 Å². The molecule has 1 rings (SSSR count). The van der Waals surface area contributed by atoms with Crippen molar-refractivity contribution in [1.29, 1.82) is 0 Å². The highest BCUT2D eigenvalue weighted by atomic mass is 16.5. The molecule has 1 unspecified atom stereocenters. The van der Waals surface area contributed by atoms with E-state index in [1.807, 2.05) is 18.2 Å². The van der Waals surface area contributed by atoms with E-state index >= 15 is 0 Å². The zero-order valence-electron chi connectivity index (χ0n) is 13.0. The summed E-state index contributed by atoms with van der Waals surface area (Å²) in [6, 6.07) is 8.91. The molecule has 0 heterocycles. The predicted molar refractivity (Wildman–Crippen MR) is 87.3 cm³/mol. The molecule has 0 bridgehead atoms. The van der Waals surface area contributed by atoms with E-state index in [4.69, 9.17) is 4.74 Å². The molecule has 2 heteroatoms. The van der Waals surface area contributed by atoms with Crippen LogP contribution < -0.4 is 10.1 Å². The van der Waals surface area contributed by atoms with Gasteiger partial charge in [0.05, 0.1) is 7.11 Å². The summed E-state index contributed by atoms with van der Waals surface area (Å²) in [5.41, 5.74) is 1.36. The second kappa shape index (κ2) is 10.5. The average Bonchev–Trinajstić information content (AvgIpc) is 2.50. The summed E-state index contributed by atoms with van der Waals surface area (Å²) in [5.74, 6) is 0.925. The van der Waals surface area contributed by atoms with Crippen molar-refractivity contribution in [2.45, 2.75) is 51.5 Å². The Morgan fingerprint density at radius 3 is 2.55 bits per heavy atom. The minimum atomic E-state index is 0.463. The Morgan fingerprint density at radius 1 is 1.20 bits per heavy atom. The Bertz CT molecular complexity index is 358. The summed E-state index contributed by atoms with van der Waals surface area (Å²) < 4.78 is 5.23. The van der Waals surface area contributed by atoms with E-state index in [1.54, 1.807) is 7.11 Å². The molecule has 0 aliphatic heterocycles. The maximum atomic E-state index is 5.23. The van der Waals surface area contributed by atoms with Gasteiger partial charge < -0.3 is 10.1 Å². The lowest BCUT2D eigenvalue weighted by Gasteiger charge is -2.19. The fraction of sp³-hybridized carbons (Fsp3) is 0.556. The quantitative estimate of drug-likeness (QED) is 0.459. The van der Waals surface area contributed by atoms with E-state index in [2.05, 4.69) is 31.0 Å². The van der Waals surface area contributed by atoms with E-state index < -0.39 is 0 Å². The molecule has 0 spiro atoms. The molecule has 1 atom stereocenters. The molecule has 0 fully saturated rings. The Labute approximate surface area is 124 Å². The highest BCUT2D eigenvalue weighted by molar-refractivity contribution is 5.29. The number of methoxy groups -OCH3 is 1. The van der Waals surface area contributed by atoms with Crippen molar-refractivity contribution in [3.05, 3.63) is 42.5 Å². The van der Waals surface area contributed by atoms with Crippen molar-refractivity contribution in [2.75, 3.05) is 13.7 Å². The molecule has 1 aromatic carbocycles. The molecular formula is C18H29NO. The molecule has 1 aromatic rings. The average molecular weight is 275 g/mol. The lowest BCUT2D eigenvalue weighted by Crippen LogP contribution is -2.22. The predicted octanol–water partition coefficient (Wildman–Crippen LogP) is 4.87. The lowest BCUT2D eigenvalue weighted by molar-refractivity contribution is 0.413. The van der Waals surface area contributed by atoms with Crippen LogP contribution in [0.5, 0.6) is 5.75 Å². The van der Waals surface area contributed by atoms with Gasteiger partial charge in [-0.05, 0) is 49.9 Å². The van der Waals surface area contributed by atoms with Crippen molar-refractivity contribution < 1.29 is 4.74 Å². The van der Waals surface area contributed by atoms with Gasteiger partial charge in [-0.25, -0.2) is 0 Å². The topological polar surface area (TPSA) is 21.3 Å². The van der Waals surface area contributed by atoms with Crippen LogP contribution in [0.2, 0.25) is 0 Å². The highest BCUT2D eigenvalue weighted by Crippen LogP contribution is 2.22. The molecule has 0 amide bonds. The van der Waals surface area contributed by atoms with Gasteiger partial charge in [-0.15, -0.1) is 6.58 Å². The van der Waals surface area contributed by atoms with Gasteiger partial charge in [-0.3, -0.25) is 0 Å². The Hall–Kier alpha value is -1.28. The van der Waals surface area contributed by atoms with Gasteiger partial charge in [0, 0.05) is 6.04 Å². The molecule has 0 saturated heterocycles. The first-order valence-corrected chi connectivity index (χ1v) is 7.80. The third-order valence-electron chi connectivity index (χ3n) is 3.56. The first-order valence-electron chi connectivity index (χ1n) is 7.80. The van der Waals surface area contributed by atoms with Gasteiger partial charge in [0.2, 0.25) is 0 Å². The van der Waals surface area contributed by atoms with Crippen molar-refractivity contribution in [1.82, 2.24) is 5.32 Å². The largest absolute Gasteiger partial charge is 0.497 e. The SMILES string of the molecule is C=CCCCCCC(NCCC)c1ccc(OC)cc1. The molecule has 20 heavy (non-hydrogen) atoms. The number of rotatable bonds is 11. The number of hydrogen-bond acceptors (Lipinski definition) is 2. The van der Waals surface area contributed by atoms with Crippen LogP contribution in [0.15, 0.2) is 36.9 Å². The smallest absolute Gasteiger partial charge is 0.118 e. The Morgan fingerprint density at radius 2 is 1.95 bits per heavy atom. The molecule has 2 nitrogen and oxygen atoms in total. The summed E-state index contributed by atoms with van der Waals surface area (Å²) in [7, 11) is 1.71. The fourth-order valence-electron chi connectivity index (χ4n) is 2.36. The number of allylic oxidation sites excluding steroid dienone is 1. The van der Waals surface area contributed by atoms with E-state index in [9.17, 15) is 0 Å². The second-order valence-corrected chi connectivity index (χ2v) is 5.21. The van der Waals surface area contributed by atoms with Crippen LogP contribution in [-0.4, -0.2) is 13.7 Å². The molecule has 112 valence electrons. The summed E-state index contributed by atoms with van der Waals surface area (Å²) in [5, 5.41) is 3.65. The van der Waals surface area contributed by atoms with Crippen molar-refractivity contribution in [3.63, 3.8) is 0 Å². The van der Waals surface area contributed by atoms with Crippen LogP contribution >= 0.6 is 0 Å². The van der Waals surface area contributed by atoms with Gasteiger partial charge in [0.1, 0.15) is 5.75 Å². The third kappa shape index (κ3) is 6.25. The molecule has 0 aromatic heterocycles. The van der Waals surface area contributed by atoms with Gasteiger partial charge in [0.25, 0.3) is 0 Å². The maximum absolute atomic E-state index is 5.23. The highest BCUT2D eigenvalue weighted by Gasteiger charge is 2.10. The minimum Gasteiger partial charge on any atom is -0.497 e. The van der Waals surface area contributed by atoms with Crippen LogP contribution in [0, 0.1) is 0 Å². The van der Waals surface area contributed by atoms with Crippen LogP contribution in [0.25, 0.3) is 0 Å². The molecule has 0 aliphatic rings. The molecule has 1 N–H and O–H groups in total. The van der Waals surface area contributed by atoms with Gasteiger partial charge >= 0.3 is 0 Å². The number of benzene rings is 1. The van der Waals surface area contributed by atoms with E-state index in [0.29, 0.717) is 6.04 Å². The van der Waals surface area contributed by atoms with Crippen molar-refractivity contribution in [2.24, 2.45) is 0 Å². The Kier molecular flexibility index (Phi) is 8.81. The van der Waals surface area contributed by atoms with E-state index in [0.717, 1.165) is 18.7 Å². The van der Waals surface area contributed by atoms with Crippen molar-refractivity contribution >= 4 is 0 Å². The monoisotopic (exact) mass is 275 g/mol. The normalized spacial score (nSPS) is 12.1. The zero-order valence-corrected chi connectivity index (χ0v) is 13.0. The number of unbranched alkanes of at least 4 members (excludes halogenated alkanes) is 3. The fourth-order valence-corrected chi connectivity index (χ4v) is 2.36. The van der Waals surface area contributed by atoms with Crippen molar-refractivity contribution in [3.8, 4) is 5.75 Å². The molecular weight excluding hydrogens is 246 g/mol. The summed E-state index contributed by atoms with van der Waals surface area (Å²) >= 11 is 0. The van der Waals surface area contributed by atoms with Gasteiger partial charge in [-0.1, -0.05) is 38.0 Å². The lowest BCUT2D eigenvalue weighted by atomic mass is 9.99. The first kappa shape index (κ1) is 16.8. The number of ether oxygens (including phenoxy) is 1. The van der Waals surface area contributed by atoms with Gasteiger partial charge in [-0.2, -0.15) is 0 Å². The number of nitrogens with one attached hydrogen (secondary N) is 1. The third-order valence-corrected chi connectivity index (χ3v) is 3.56. The molecule has 0 saturated carbocycles. The number of hydrogen-bond donors (Lipinski definition) is 1. The summed E-state index contributed by atoms with van der Waals surface area (Å²) in [4.78, 5) is 0. The maximum Gasteiger partial charge on any atom is 0.118 e. The Balaban J connectivity index is 2.50. The standard InChI is InChI=1S/C18H29NO/c1-4-6-7-8-9-10-18(19-15-5-2)16-11-13-17(20-3)14-12-16/h4,11-14,18-19H,1,5-10,15H2,2-3H3. The van der Waals surface area contributed by atoms with Crippen LogP contribution in [-0.2, 0) is 0 Å². The van der Waals surface area contributed by atoms with Crippen LogP contribution in [0.4, 0.5) is 0 Å². The minimum absolute atomic E-state index is 0.463. The van der Waals surface area contributed by atoms with Crippen LogP contribution in [0.3, 0.4) is 0 Å². The van der Waals surface area contributed by atoms with E-state index in [1.165, 1.54) is 37.7 Å².